The third-order valence-corrected chi connectivity index (χ3v) is 3.71. The van der Waals surface area contributed by atoms with Gasteiger partial charge in [-0.3, -0.25) is 0 Å². The first kappa shape index (κ1) is 12.8. The normalized spacial score (nSPS) is 14.7. The molecule has 1 aliphatic carbocycles. The number of aromatic carboxylic acids is 1. The third kappa shape index (κ3) is 2.09. The molecule has 1 heterocycles. The third-order valence-electron chi connectivity index (χ3n) is 3.71. The lowest BCUT2D eigenvalue weighted by molar-refractivity contribution is 0.0688. The Kier molecular flexibility index (Phi) is 3.26. The van der Waals surface area contributed by atoms with E-state index in [1.165, 1.54) is 10.7 Å². The number of fused-ring (bicyclic) bond motifs is 1. The Morgan fingerprint density at radius 3 is 2.70 bits per heavy atom. The molecule has 1 aliphatic rings. The maximum atomic E-state index is 13.9. The van der Waals surface area contributed by atoms with Crippen LogP contribution in [0, 0.1) is 5.82 Å². The number of nitrogens with zero attached hydrogens (tertiary/aromatic N) is 2. The number of hydrogen-bond donors (Lipinski definition) is 1. The summed E-state index contributed by atoms with van der Waals surface area (Å²) in [7, 11) is 0. The van der Waals surface area contributed by atoms with E-state index in [-0.39, 0.29) is 11.5 Å². The molecule has 0 spiro atoms. The van der Waals surface area contributed by atoms with Gasteiger partial charge in [-0.1, -0.05) is 18.6 Å². The molecule has 2 aromatic rings. The number of carboxylic acid groups (broad SMARTS) is 1. The second-order valence-corrected chi connectivity index (χ2v) is 5.00. The average Bonchev–Trinajstić information content (AvgIpc) is 2.63. The van der Waals surface area contributed by atoms with Gasteiger partial charge in [0.1, 0.15) is 11.5 Å². The van der Waals surface area contributed by atoms with Gasteiger partial charge in [-0.15, -0.1) is 0 Å². The zero-order valence-corrected chi connectivity index (χ0v) is 11.0. The van der Waals surface area contributed by atoms with Gasteiger partial charge in [-0.2, -0.15) is 5.10 Å². The lowest BCUT2D eigenvalue weighted by Gasteiger charge is -2.08. The van der Waals surface area contributed by atoms with E-state index in [1.54, 1.807) is 18.2 Å². The zero-order chi connectivity index (χ0) is 14.1. The maximum Gasteiger partial charge on any atom is 0.356 e. The molecular weight excluding hydrogens is 259 g/mol. The van der Waals surface area contributed by atoms with Crippen LogP contribution >= 0.6 is 0 Å². The summed E-state index contributed by atoms with van der Waals surface area (Å²) in [6.07, 6.45) is 4.43. The lowest BCUT2D eigenvalue weighted by atomic mass is 10.1. The Hall–Kier alpha value is -2.17. The average molecular weight is 274 g/mol. The molecule has 1 aromatic carbocycles. The molecule has 20 heavy (non-hydrogen) atoms. The first-order valence-electron chi connectivity index (χ1n) is 6.77. The van der Waals surface area contributed by atoms with E-state index < -0.39 is 5.97 Å². The minimum Gasteiger partial charge on any atom is -0.476 e. The molecule has 104 valence electrons. The second-order valence-electron chi connectivity index (χ2n) is 5.00. The maximum absolute atomic E-state index is 13.9. The first-order valence-corrected chi connectivity index (χ1v) is 6.77. The predicted molar refractivity (Wildman–Crippen MR) is 71.7 cm³/mol. The van der Waals surface area contributed by atoms with Crippen molar-refractivity contribution in [3.63, 3.8) is 0 Å². The Balaban J connectivity index is 2.21. The highest BCUT2D eigenvalue weighted by Crippen LogP contribution is 2.27. The van der Waals surface area contributed by atoms with Crippen LogP contribution < -0.4 is 0 Å². The molecule has 4 nitrogen and oxygen atoms in total. The van der Waals surface area contributed by atoms with Gasteiger partial charge in [0.25, 0.3) is 0 Å². The topological polar surface area (TPSA) is 55.1 Å². The van der Waals surface area contributed by atoms with E-state index in [4.69, 9.17) is 0 Å². The summed E-state index contributed by atoms with van der Waals surface area (Å²) in [4.78, 5) is 11.3. The van der Waals surface area contributed by atoms with Crippen molar-refractivity contribution in [3.8, 4) is 5.69 Å². The van der Waals surface area contributed by atoms with Crippen molar-refractivity contribution in [1.29, 1.82) is 0 Å². The van der Waals surface area contributed by atoms with Crippen molar-refractivity contribution >= 4 is 5.97 Å². The van der Waals surface area contributed by atoms with E-state index in [9.17, 15) is 14.3 Å². The van der Waals surface area contributed by atoms with Gasteiger partial charge in [-0.05, 0) is 37.8 Å². The monoisotopic (exact) mass is 274 g/mol. The van der Waals surface area contributed by atoms with Gasteiger partial charge in [0.15, 0.2) is 5.69 Å². The van der Waals surface area contributed by atoms with Crippen molar-refractivity contribution in [3.05, 3.63) is 47.0 Å². The Morgan fingerprint density at radius 1 is 1.20 bits per heavy atom. The van der Waals surface area contributed by atoms with E-state index in [0.29, 0.717) is 12.1 Å². The molecule has 0 amide bonds. The standard InChI is InChI=1S/C15H15FN2O2/c16-11-7-4-5-9-13(11)18-12-8-3-1-2-6-10(12)14(17-18)15(19)20/h4-5,7,9H,1-3,6,8H2,(H,19,20). The van der Waals surface area contributed by atoms with Gasteiger partial charge in [0, 0.05) is 11.3 Å². The van der Waals surface area contributed by atoms with Crippen LogP contribution in [0.4, 0.5) is 4.39 Å². The largest absolute Gasteiger partial charge is 0.476 e. The molecular formula is C15H15FN2O2. The molecule has 0 aliphatic heterocycles. The number of rotatable bonds is 2. The number of benzene rings is 1. The molecule has 3 rings (SSSR count). The highest BCUT2D eigenvalue weighted by molar-refractivity contribution is 5.87. The van der Waals surface area contributed by atoms with Gasteiger partial charge in [-0.25, -0.2) is 13.9 Å². The van der Waals surface area contributed by atoms with E-state index in [0.717, 1.165) is 36.9 Å². The fourth-order valence-electron chi connectivity index (χ4n) is 2.77. The second kappa shape index (κ2) is 5.07. The first-order chi connectivity index (χ1) is 9.68. The zero-order valence-electron chi connectivity index (χ0n) is 11.0. The molecule has 0 saturated carbocycles. The summed E-state index contributed by atoms with van der Waals surface area (Å²) < 4.78 is 15.4. The summed E-state index contributed by atoms with van der Waals surface area (Å²) >= 11 is 0. The lowest BCUT2D eigenvalue weighted by Crippen LogP contribution is -2.05. The highest BCUT2D eigenvalue weighted by Gasteiger charge is 2.25. The van der Waals surface area contributed by atoms with Gasteiger partial charge in [0.2, 0.25) is 0 Å². The number of carboxylic acids is 1. The van der Waals surface area contributed by atoms with Gasteiger partial charge in [0.05, 0.1) is 0 Å². The van der Waals surface area contributed by atoms with Crippen LogP contribution in [0.5, 0.6) is 0 Å². The van der Waals surface area contributed by atoms with Crippen LogP contribution in [0.15, 0.2) is 24.3 Å². The van der Waals surface area contributed by atoms with Crippen molar-refractivity contribution in [2.75, 3.05) is 0 Å². The fraction of sp³-hybridized carbons (Fsp3) is 0.333. The highest BCUT2D eigenvalue weighted by atomic mass is 19.1. The van der Waals surface area contributed by atoms with Crippen LogP contribution in [0.2, 0.25) is 0 Å². The van der Waals surface area contributed by atoms with Gasteiger partial charge >= 0.3 is 5.97 Å². The van der Waals surface area contributed by atoms with Crippen molar-refractivity contribution < 1.29 is 14.3 Å². The summed E-state index contributed by atoms with van der Waals surface area (Å²) in [6.45, 7) is 0. The fourth-order valence-corrected chi connectivity index (χ4v) is 2.77. The van der Waals surface area contributed by atoms with Crippen LogP contribution in [0.3, 0.4) is 0 Å². The molecule has 1 aromatic heterocycles. The SMILES string of the molecule is O=C(O)c1nn(-c2ccccc2F)c2c1CCCCC2. The number of hydrogen-bond acceptors (Lipinski definition) is 2. The quantitative estimate of drug-likeness (QED) is 0.856. The van der Waals surface area contributed by atoms with Crippen molar-refractivity contribution in [1.82, 2.24) is 9.78 Å². The minimum atomic E-state index is -1.04. The summed E-state index contributed by atoms with van der Waals surface area (Å²) in [5.74, 6) is -1.43. The van der Waals surface area contributed by atoms with Crippen LogP contribution in [-0.2, 0) is 12.8 Å². The number of halogens is 1. The molecule has 0 atom stereocenters. The summed E-state index contributed by atoms with van der Waals surface area (Å²) in [5, 5.41) is 13.4. The van der Waals surface area contributed by atoms with Crippen molar-refractivity contribution in [2.24, 2.45) is 0 Å². The minimum absolute atomic E-state index is 0.0603. The molecule has 0 unspecified atom stereocenters. The number of para-hydroxylation sites is 1. The molecule has 0 saturated heterocycles. The molecule has 0 fully saturated rings. The summed E-state index contributed by atoms with van der Waals surface area (Å²) in [5.41, 5.74) is 1.98. The predicted octanol–water partition coefficient (Wildman–Crippen LogP) is 2.98. The van der Waals surface area contributed by atoms with Crippen LogP contribution in [0.1, 0.15) is 41.0 Å². The summed E-state index contributed by atoms with van der Waals surface area (Å²) in [6, 6.07) is 6.32. The smallest absolute Gasteiger partial charge is 0.356 e. The Morgan fingerprint density at radius 2 is 1.95 bits per heavy atom. The molecule has 5 heteroatoms. The molecule has 0 radical (unpaired) electrons. The van der Waals surface area contributed by atoms with E-state index in [1.807, 2.05) is 0 Å². The van der Waals surface area contributed by atoms with Crippen LogP contribution in [0.25, 0.3) is 5.69 Å². The molecule has 0 bridgehead atoms. The van der Waals surface area contributed by atoms with Gasteiger partial charge < -0.3 is 5.11 Å². The number of aromatic nitrogens is 2. The number of carbonyl (C=O) groups is 1. The van der Waals surface area contributed by atoms with E-state index >= 15 is 0 Å². The molecule has 1 N–H and O–H groups in total. The Labute approximate surface area is 115 Å². The van der Waals surface area contributed by atoms with Crippen molar-refractivity contribution in [2.45, 2.75) is 32.1 Å². The van der Waals surface area contributed by atoms with E-state index in [2.05, 4.69) is 5.10 Å². The Bertz CT molecular complexity index is 664. The van der Waals surface area contributed by atoms with Crippen LogP contribution in [-0.4, -0.2) is 20.9 Å².